The molecule has 0 unspecified atom stereocenters. The molecule has 0 aliphatic carbocycles. The highest BCUT2D eigenvalue weighted by Crippen LogP contribution is 2.16. The second kappa shape index (κ2) is 10.9. The van der Waals surface area contributed by atoms with Crippen LogP contribution >= 0.6 is 15.9 Å². The summed E-state index contributed by atoms with van der Waals surface area (Å²) in [5.74, 6) is -0.221. The molecule has 158 valence electrons. The number of piperazine rings is 1. The normalized spacial score (nSPS) is 13.8. The van der Waals surface area contributed by atoms with E-state index in [1.54, 1.807) is 24.3 Å². The molecule has 0 atom stereocenters. The first-order valence-corrected chi connectivity index (χ1v) is 11.0. The van der Waals surface area contributed by atoms with Gasteiger partial charge < -0.3 is 15.1 Å². The van der Waals surface area contributed by atoms with E-state index in [2.05, 4.69) is 38.3 Å². The van der Waals surface area contributed by atoms with E-state index in [1.807, 2.05) is 23.1 Å². The number of carbonyl (C=O) groups excluding carboxylic acids is 3. The van der Waals surface area contributed by atoms with Crippen LogP contribution in [0, 0.1) is 0 Å². The van der Waals surface area contributed by atoms with Crippen LogP contribution in [0.15, 0.2) is 59.1 Å². The number of anilines is 1. The molecule has 2 aromatic rings. The lowest BCUT2D eigenvalue weighted by molar-refractivity contribution is -0.131. The van der Waals surface area contributed by atoms with Crippen LogP contribution in [0.4, 0.5) is 5.69 Å². The van der Waals surface area contributed by atoms with Gasteiger partial charge in [0.2, 0.25) is 11.8 Å². The number of para-hydroxylation sites is 1. The first kappa shape index (κ1) is 22.0. The standard InChI is InChI=1S/C23H26BrN3O3/c24-19-8-6-18(7-9-19)21(28)10-11-22(29)25-13-12-23(30)27-16-14-26(15-17-27)20-4-2-1-3-5-20/h1-9H,10-17H2,(H,25,29). The SMILES string of the molecule is O=C(CCC(=O)c1ccc(Br)cc1)NCCC(=O)N1CCN(c2ccccc2)CC1. The second-order valence-corrected chi connectivity index (χ2v) is 8.15. The third-order valence-electron chi connectivity index (χ3n) is 5.16. The summed E-state index contributed by atoms with van der Waals surface area (Å²) in [6, 6.07) is 17.3. The number of amides is 2. The summed E-state index contributed by atoms with van der Waals surface area (Å²) in [7, 11) is 0. The Labute approximate surface area is 185 Å². The highest BCUT2D eigenvalue weighted by molar-refractivity contribution is 9.10. The van der Waals surface area contributed by atoms with Crippen LogP contribution in [0.3, 0.4) is 0 Å². The van der Waals surface area contributed by atoms with Gasteiger partial charge in [0.25, 0.3) is 0 Å². The number of hydrogen-bond donors (Lipinski definition) is 1. The summed E-state index contributed by atoms with van der Waals surface area (Å²) in [4.78, 5) is 40.6. The van der Waals surface area contributed by atoms with Crippen LogP contribution in [-0.2, 0) is 9.59 Å². The van der Waals surface area contributed by atoms with Crippen LogP contribution in [0.5, 0.6) is 0 Å². The molecule has 1 heterocycles. The van der Waals surface area contributed by atoms with Crippen molar-refractivity contribution in [2.45, 2.75) is 19.3 Å². The summed E-state index contributed by atoms with van der Waals surface area (Å²) in [6.07, 6.45) is 0.555. The van der Waals surface area contributed by atoms with Crippen molar-refractivity contribution in [1.82, 2.24) is 10.2 Å². The maximum Gasteiger partial charge on any atom is 0.224 e. The molecular weight excluding hydrogens is 446 g/mol. The van der Waals surface area contributed by atoms with Gasteiger partial charge in [0.05, 0.1) is 0 Å². The van der Waals surface area contributed by atoms with E-state index < -0.39 is 0 Å². The quantitative estimate of drug-likeness (QED) is 0.599. The van der Waals surface area contributed by atoms with Crippen LogP contribution in [0.1, 0.15) is 29.6 Å². The van der Waals surface area contributed by atoms with Crippen molar-refractivity contribution in [1.29, 1.82) is 0 Å². The molecule has 30 heavy (non-hydrogen) atoms. The van der Waals surface area contributed by atoms with E-state index in [0.29, 0.717) is 25.2 Å². The molecule has 2 aromatic carbocycles. The van der Waals surface area contributed by atoms with Crippen molar-refractivity contribution in [2.75, 3.05) is 37.6 Å². The Hall–Kier alpha value is -2.67. The van der Waals surface area contributed by atoms with E-state index in [-0.39, 0.29) is 36.9 Å². The maximum absolute atomic E-state index is 12.4. The van der Waals surface area contributed by atoms with E-state index in [1.165, 1.54) is 5.69 Å². The highest BCUT2D eigenvalue weighted by atomic mass is 79.9. The molecule has 0 spiro atoms. The summed E-state index contributed by atoms with van der Waals surface area (Å²) in [5, 5.41) is 2.75. The van der Waals surface area contributed by atoms with Crippen LogP contribution in [0.25, 0.3) is 0 Å². The zero-order valence-corrected chi connectivity index (χ0v) is 18.4. The van der Waals surface area contributed by atoms with Crippen LogP contribution < -0.4 is 10.2 Å². The average Bonchev–Trinajstić information content (AvgIpc) is 2.78. The summed E-state index contributed by atoms with van der Waals surface area (Å²) in [6.45, 7) is 3.27. The Morgan fingerprint density at radius 2 is 1.50 bits per heavy atom. The zero-order chi connectivity index (χ0) is 21.3. The minimum absolute atomic E-state index is 0.0500. The lowest BCUT2D eigenvalue weighted by Crippen LogP contribution is -2.49. The Morgan fingerprint density at radius 3 is 2.17 bits per heavy atom. The van der Waals surface area contributed by atoms with E-state index in [9.17, 15) is 14.4 Å². The molecule has 0 saturated carbocycles. The maximum atomic E-state index is 12.4. The molecule has 0 bridgehead atoms. The fourth-order valence-corrected chi connectivity index (χ4v) is 3.68. The second-order valence-electron chi connectivity index (χ2n) is 7.23. The lowest BCUT2D eigenvalue weighted by atomic mass is 10.1. The molecular formula is C23H26BrN3O3. The molecule has 1 aliphatic rings. The molecule has 3 rings (SSSR count). The van der Waals surface area contributed by atoms with E-state index >= 15 is 0 Å². The molecule has 1 fully saturated rings. The number of ketones is 1. The van der Waals surface area contributed by atoms with Gasteiger partial charge >= 0.3 is 0 Å². The molecule has 2 amide bonds. The first-order valence-electron chi connectivity index (χ1n) is 10.2. The van der Waals surface area contributed by atoms with Crippen molar-refractivity contribution >= 4 is 39.2 Å². The molecule has 1 aliphatic heterocycles. The molecule has 7 heteroatoms. The van der Waals surface area contributed by atoms with Gasteiger partial charge in [-0.3, -0.25) is 14.4 Å². The fraction of sp³-hybridized carbons (Fsp3) is 0.348. The Morgan fingerprint density at radius 1 is 0.833 bits per heavy atom. The predicted octanol–water partition coefficient (Wildman–Crippen LogP) is 3.27. The van der Waals surface area contributed by atoms with Crippen LogP contribution in [-0.4, -0.2) is 55.2 Å². The molecule has 0 aromatic heterocycles. The largest absolute Gasteiger partial charge is 0.368 e. The third-order valence-corrected chi connectivity index (χ3v) is 5.69. The van der Waals surface area contributed by atoms with Gasteiger partial charge in [0, 0.05) is 67.7 Å². The van der Waals surface area contributed by atoms with Crippen molar-refractivity contribution in [3.63, 3.8) is 0 Å². The number of benzene rings is 2. The number of nitrogens with zero attached hydrogens (tertiary/aromatic N) is 2. The number of hydrogen-bond acceptors (Lipinski definition) is 4. The topological polar surface area (TPSA) is 69.7 Å². The number of rotatable bonds is 8. The van der Waals surface area contributed by atoms with Crippen molar-refractivity contribution < 1.29 is 14.4 Å². The van der Waals surface area contributed by atoms with Gasteiger partial charge in [-0.05, 0) is 24.3 Å². The van der Waals surface area contributed by atoms with Crippen molar-refractivity contribution in [2.24, 2.45) is 0 Å². The van der Waals surface area contributed by atoms with Crippen LogP contribution in [0.2, 0.25) is 0 Å². The molecule has 1 N–H and O–H groups in total. The fourth-order valence-electron chi connectivity index (χ4n) is 3.42. The summed E-state index contributed by atoms with van der Waals surface area (Å²) >= 11 is 3.33. The van der Waals surface area contributed by atoms with Gasteiger partial charge in [0.15, 0.2) is 5.78 Å². The third kappa shape index (κ3) is 6.42. The monoisotopic (exact) mass is 471 g/mol. The van der Waals surface area contributed by atoms with Crippen molar-refractivity contribution in [3.8, 4) is 0 Å². The first-order chi connectivity index (χ1) is 14.5. The van der Waals surface area contributed by atoms with Gasteiger partial charge in [-0.15, -0.1) is 0 Å². The lowest BCUT2D eigenvalue weighted by Gasteiger charge is -2.36. The molecule has 0 radical (unpaired) electrons. The van der Waals surface area contributed by atoms with Gasteiger partial charge in [-0.25, -0.2) is 0 Å². The van der Waals surface area contributed by atoms with E-state index in [0.717, 1.165) is 17.6 Å². The average molecular weight is 472 g/mol. The Bertz CT molecular complexity index is 863. The van der Waals surface area contributed by atoms with Crippen molar-refractivity contribution in [3.05, 3.63) is 64.6 Å². The minimum Gasteiger partial charge on any atom is -0.368 e. The molecule has 1 saturated heterocycles. The summed E-state index contributed by atoms with van der Waals surface area (Å²) in [5.41, 5.74) is 1.77. The highest BCUT2D eigenvalue weighted by Gasteiger charge is 2.21. The van der Waals surface area contributed by atoms with Gasteiger partial charge in [-0.1, -0.05) is 46.3 Å². The smallest absolute Gasteiger partial charge is 0.224 e. The minimum atomic E-state index is -0.206. The zero-order valence-electron chi connectivity index (χ0n) is 16.9. The predicted molar refractivity (Wildman–Crippen MR) is 121 cm³/mol. The molecule has 6 nitrogen and oxygen atoms in total. The Balaban J connectivity index is 1.32. The number of halogens is 1. The van der Waals surface area contributed by atoms with Gasteiger partial charge in [-0.2, -0.15) is 0 Å². The Kier molecular flexibility index (Phi) is 8.02. The van der Waals surface area contributed by atoms with Gasteiger partial charge in [0.1, 0.15) is 0 Å². The van der Waals surface area contributed by atoms with E-state index in [4.69, 9.17) is 0 Å². The number of carbonyl (C=O) groups is 3. The number of nitrogens with one attached hydrogen (secondary N) is 1. The summed E-state index contributed by atoms with van der Waals surface area (Å²) < 4.78 is 0.905. The number of Topliss-reactive ketones (excluding diaryl/α,β-unsaturated/α-hetero) is 1.